The summed E-state index contributed by atoms with van der Waals surface area (Å²) in [4.78, 5) is 24.5. The predicted molar refractivity (Wildman–Crippen MR) is 65.6 cm³/mol. The van der Waals surface area contributed by atoms with E-state index in [1.54, 1.807) is 0 Å². The molecule has 2 aliphatic rings. The summed E-state index contributed by atoms with van der Waals surface area (Å²) in [6.45, 7) is 0. The molecule has 2 rings (SSSR count). The van der Waals surface area contributed by atoms with Gasteiger partial charge in [0.15, 0.2) is 0 Å². The van der Waals surface area contributed by atoms with Gasteiger partial charge in [-0.3, -0.25) is 4.79 Å². The number of amides is 1. The average molecular weight is 258 g/mol. The van der Waals surface area contributed by atoms with E-state index in [1.807, 2.05) is 0 Å². The van der Waals surface area contributed by atoms with Crippen molar-refractivity contribution >= 4 is 23.6 Å². The predicted octanol–water partition coefficient (Wildman–Crippen LogP) is 0.634. The average Bonchev–Trinajstić information content (AvgIpc) is 2.85. The van der Waals surface area contributed by atoms with Gasteiger partial charge in [-0.05, 0) is 12.8 Å². The quantitative estimate of drug-likeness (QED) is 0.776. The zero-order chi connectivity index (χ0) is 12.5. The van der Waals surface area contributed by atoms with Gasteiger partial charge in [0, 0.05) is 17.7 Å². The van der Waals surface area contributed by atoms with Crippen LogP contribution in [0.4, 0.5) is 0 Å². The maximum absolute atomic E-state index is 12.1. The van der Waals surface area contributed by atoms with Crippen molar-refractivity contribution in [3.63, 3.8) is 0 Å². The normalized spacial score (nSPS) is 27.4. The molecule has 96 valence electrons. The molecule has 0 aromatic rings. The van der Waals surface area contributed by atoms with E-state index in [-0.39, 0.29) is 12.3 Å². The molecule has 1 saturated carbocycles. The van der Waals surface area contributed by atoms with Gasteiger partial charge in [-0.15, -0.1) is 11.8 Å². The summed E-state index contributed by atoms with van der Waals surface area (Å²) in [6.07, 6.45) is 4.17. The molecule has 0 unspecified atom stereocenters. The van der Waals surface area contributed by atoms with Crippen LogP contribution in [0.25, 0.3) is 0 Å². The number of nitrogens with two attached hydrogens (primary N) is 1. The fraction of sp³-hybridized carbons (Fsp3) is 0.818. The van der Waals surface area contributed by atoms with Gasteiger partial charge in [0.2, 0.25) is 5.91 Å². The van der Waals surface area contributed by atoms with Crippen molar-refractivity contribution in [3.05, 3.63) is 0 Å². The number of carboxylic acids is 1. The second-order valence-corrected chi connectivity index (χ2v) is 5.96. The van der Waals surface area contributed by atoms with E-state index < -0.39 is 17.6 Å². The van der Waals surface area contributed by atoms with Crippen LogP contribution in [0.3, 0.4) is 0 Å². The molecular weight excluding hydrogens is 240 g/mol. The molecule has 3 N–H and O–H groups in total. The van der Waals surface area contributed by atoms with Crippen molar-refractivity contribution in [3.8, 4) is 0 Å². The smallest absolute Gasteiger partial charge is 0.327 e. The van der Waals surface area contributed by atoms with Gasteiger partial charge in [0.1, 0.15) is 6.04 Å². The topological polar surface area (TPSA) is 83.6 Å². The van der Waals surface area contributed by atoms with Crippen LogP contribution in [0.1, 0.15) is 32.1 Å². The highest BCUT2D eigenvalue weighted by Crippen LogP contribution is 2.32. The number of carboxylic acid groups (broad SMARTS) is 1. The van der Waals surface area contributed by atoms with E-state index in [4.69, 9.17) is 10.8 Å². The van der Waals surface area contributed by atoms with Gasteiger partial charge in [-0.2, -0.15) is 0 Å². The minimum atomic E-state index is -0.916. The summed E-state index contributed by atoms with van der Waals surface area (Å²) in [5.74, 6) is -0.0579. The summed E-state index contributed by atoms with van der Waals surface area (Å²) in [6, 6.07) is -0.669. The zero-order valence-electron chi connectivity index (χ0n) is 9.72. The number of thioether (sulfide) groups is 1. The van der Waals surface area contributed by atoms with Crippen LogP contribution >= 0.6 is 11.8 Å². The molecule has 1 aliphatic carbocycles. The first-order chi connectivity index (χ1) is 8.02. The van der Waals surface area contributed by atoms with E-state index in [0.717, 1.165) is 25.7 Å². The molecule has 1 amide bonds. The molecule has 1 heterocycles. The van der Waals surface area contributed by atoms with Gasteiger partial charge in [-0.1, -0.05) is 12.8 Å². The fourth-order valence-electron chi connectivity index (χ4n) is 2.55. The van der Waals surface area contributed by atoms with Gasteiger partial charge in [0.05, 0.1) is 5.88 Å². The first-order valence-electron chi connectivity index (χ1n) is 5.91. The molecule has 0 spiro atoms. The van der Waals surface area contributed by atoms with Gasteiger partial charge in [-0.25, -0.2) is 4.79 Å². The lowest BCUT2D eigenvalue weighted by Crippen LogP contribution is -2.47. The number of carbonyl (C=O) groups is 2. The maximum Gasteiger partial charge on any atom is 0.327 e. The molecule has 0 aromatic heterocycles. The van der Waals surface area contributed by atoms with E-state index >= 15 is 0 Å². The van der Waals surface area contributed by atoms with Crippen LogP contribution in [0.5, 0.6) is 0 Å². The Kier molecular flexibility index (Phi) is 3.63. The summed E-state index contributed by atoms with van der Waals surface area (Å²) >= 11 is 1.49. The second-order valence-electron chi connectivity index (χ2n) is 4.96. The Balaban J connectivity index is 1.97. The maximum atomic E-state index is 12.1. The Hall–Kier alpha value is -0.750. The molecule has 1 saturated heterocycles. The van der Waals surface area contributed by atoms with Crippen molar-refractivity contribution in [1.82, 2.24) is 4.90 Å². The largest absolute Gasteiger partial charge is 0.480 e. The number of hydrogen-bond donors (Lipinski definition) is 2. The van der Waals surface area contributed by atoms with Gasteiger partial charge in [0.25, 0.3) is 0 Å². The molecule has 0 aromatic carbocycles. The summed E-state index contributed by atoms with van der Waals surface area (Å²) in [5, 5.41) is 9.02. The third-order valence-electron chi connectivity index (χ3n) is 3.59. The minimum Gasteiger partial charge on any atom is -0.480 e. The highest BCUT2D eigenvalue weighted by atomic mass is 32.2. The first-order valence-corrected chi connectivity index (χ1v) is 7.06. The fourth-order valence-corrected chi connectivity index (χ4v) is 3.72. The Morgan fingerprint density at radius 2 is 2.06 bits per heavy atom. The molecule has 0 radical (unpaired) electrons. The number of aliphatic carboxylic acids is 1. The lowest BCUT2D eigenvalue weighted by Gasteiger charge is -2.27. The van der Waals surface area contributed by atoms with E-state index in [2.05, 4.69) is 0 Å². The van der Waals surface area contributed by atoms with Crippen molar-refractivity contribution in [2.24, 2.45) is 5.73 Å². The Labute approximate surface area is 105 Å². The standard InChI is InChI=1S/C11H18N2O3S/c12-11(3-1-2-4-11)5-9(14)13-7-17-6-8(13)10(15)16/h8H,1-7,12H2,(H,15,16)/t8-/m0/s1. The highest BCUT2D eigenvalue weighted by Gasteiger charge is 2.39. The number of nitrogens with zero attached hydrogens (tertiary/aromatic N) is 1. The van der Waals surface area contributed by atoms with Crippen LogP contribution in [0, 0.1) is 0 Å². The SMILES string of the molecule is NC1(CC(=O)N2CSC[C@H]2C(=O)O)CCCC1. The molecule has 6 heteroatoms. The Morgan fingerprint density at radius 1 is 1.41 bits per heavy atom. The van der Waals surface area contributed by atoms with Crippen LogP contribution in [-0.4, -0.2) is 45.1 Å². The molecule has 5 nitrogen and oxygen atoms in total. The Morgan fingerprint density at radius 3 is 2.65 bits per heavy atom. The van der Waals surface area contributed by atoms with Crippen molar-refractivity contribution in [2.75, 3.05) is 11.6 Å². The van der Waals surface area contributed by atoms with Crippen molar-refractivity contribution < 1.29 is 14.7 Å². The summed E-state index contributed by atoms with van der Waals surface area (Å²) in [7, 11) is 0. The second kappa shape index (κ2) is 4.86. The highest BCUT2D eigenvalue weighted by molar-refractivity contribution is 7.99. The van der Waals surface area contributed by atoms with E-state index in [0.29, 0.717) is 11.6 Å². The number of carbonyl (C=O) groups excluding carboxylic acids is 1. The van der Waals surface area contributed by atoms with E-state index in [1.165, 1.54) is 16.7 Å². The van der Waals surface area contributed by atoms with Crippen molar-refractivity contribution in [1.29, 1.82) is 0 Å². The molecule has 1 aliphatic heterocycles. The Bertz CT molecular complexity index is 329. The van der Waals surface area contributed by atoms with E-state index in [9.17, 15) is 9.59 Å². The first kappa shape index (κ1) is 12.7. The zero-order valence-corrected chi connectivity index (χ0v) is 10.5. The molecule has 17 heavy (non-hydrogen) atoms. The summed E-state index contributed by atoms with van der Waals surface area (Å²) in [5.41, 5.74) is 5.75. The third-order valence-corrected chi connectivity index (χ3v) is 4.60. The molecule has 1 atom stereocenters. The molecule has 0 bridgehead atoms. The van der Waals surface area contributed by atoms with Crippen LogP contribution in [0.15, 0.2) is 0 Å². The number of hydrogen-bond acceptors (Lipinski definition) is 4. The van der Waals surface area contributed by atoms with Gasteiger partial charge < -0.3 is 15.7 Å². The van der Waals surface area contributed by atoms with Crippen LogP contribution in [0.2, 0.25) is 0 Å². The number of rotatable bonds is 3. The molecule has 2 fully saturated rings. The van der Waals surface area contributed by atoms with Crippen LogP contribution < -0.4 is 5.73 Å². The lowest BCUT2D eigenvalue weighted by atomic mass is 9.94. The minimum absolute atomic E-state index is 0.105. The van der Waals surface area contributed by atoms with Gasteiger partial charge >= 0.3 is 5.97 Å². The monoisotopic (exact) mass is 258 g/mol. The van der Waals surface area contributed by atoms with Crippen molar-refractivity contribution in [2.45, 2.75) is 43.7 Å². The van der Waals surface area contributed by atoms with Crippen LogP contribution in [-0.2, 0) is 9.59 Å². The third kappa shape index (κ3) is 2.74. The summed E-state index contributed by atoms with van der Waals surface area (Å²) < 4.78 is 0. The molecular formula is C11H18N2O3S. The lowest BCUT2D eigenvalue weighted by molar-refractivity contribution is -0.148.